The molecule has 0 rings (SSSR count). The smallest absolute Gasteiger partial charge is 0.330 e. The molecule has 1 unspecified atom stereocenters. The van der Waals surface area contributed by atoms with Crippen LogP contribution in [0.2, 0.25) is 0 Å². The van der Waals surface area contributed by atoms with Gasteiger partial charge in [-0.05, 0) is 36.9 Å². The molecule has 10 heteroatoms. The third-order valence-corrected chi connectivity index (χ3v) is 4.08. The van der Waals surface area contributed by atoms with E-state index in [0.29, 0.717) is 17.9 Å². The Hall–Kier alpha value is -0.810. The van der Waals surface area contributed by atoms with Crippen molar-refractivity contribution in [1.29, 1.82) is 0 Å². The third kappa shape index (κ3) is 10.6. The van der Waals surface area contributed by atoms with Crippen molar-refractivity contribution in [3.8, 4) is 0 Å². The van der Waals surface area contributed by atoms with Crippen LogP contribution in [0, 0.1) is 0 Å². The van der Waals surface area contributed by atoms with Crippen LogP contribution in [0.1, 0.15) is 19.3 Å². The van der Waals surface area contributed by atoms with Gasteiger partial charge in [0.25, 0.3) is 0 Å². The SMILES string of the molecule is CSCC[C@H](NC(O)CC(=O)O)C(=O)OC(=O)[C@@H](N)CCSC. The molecule has 0 aliphatic heterocycles. The van der Waals surface area contributed by atoms with Crippen LogP contribution in [0.25, 0.3) is 0 Å². The van der Waals surface area contributed by atoms with E-state index in [1.165, 1.54) is 23.5 Å². The lowest BCUT2D eigenvalue weighted by Gasteiger charge is -2.20. The molecular weight excluding hydrogens is 344 g/mol. The molecule has 0 saturated heterocycles. The second-order valence-corrected chi connectivity index (χ2v) is 6.71. The molecule has 0 spiro atoms. The number of carboxylic acids is 1. The molecule has 3 atom stereocenters. The molecule has 0 radical (unpaired) electrons. The number of aliphatic hydroxyl groups excluding tert-OH is 1. The van der Waals surface area contributed by atoms with Crippen LogP contribution < -0.4 is 11.1 Å². The monoisotopic (exact) mass is 368 g/mol. The lowest BCUT2D eigenvalue weighted by atomic mass is 10.2. The molecule has 8 nitrogen and oxygen atoms in total. The van der Waals surface area contributed by atoms with Gasteiger partial charge in [0.15, 0.2) is 0 Å². The highest BCUT2D eigenvalue weighted by Crippen LogP contribution is 2.07. The second kappa shape index (κ2) is 12.6. The lowest BCUT2D eigenvalue weighted by Crippen LogP contribution is -2.47. The van der Waals surface area contributed by atoms with Crippen molar-refractivity contribution >= 4 is 41.4 Å². The number of aliphatic carboxylic acids is 1. The number of carboxylic acid groups (broad SMARTS) is 1. The molecular formula is C13H24N2O6S2. The number of carbonyl (C=O) groups excluding carboxylic acids is 2. The Morgan fingerprint density at radius 3 is 2.22 bits per heavy atom. The number of thioether (sulfide) groups is 2. The molecule has 0 heterocycles. The fraction of sp³-hybridized carbons (Fsp3) is 0.769. The number of nitrogens with one attached hydrogen (secondary N) is 1. The normalized spacial score (nSPS) is 14.8. The molecule has 134 valence electrons. The Labute approximate surface area is 143 Å². The Morgan fingerprint density at radius 1 is 1.13 bits per heavy atom. The van der Waals surface area contributed by atoms with Crippen LogP contribution in [0.15, 0.2) is 0 Å². The van der Waals surface area contributed by atoms with Gasteiger partial charge in [0.1, 0.15) is 18.3 Å². The predicted molar refractivity (Wildman–Crippen MR) is 90.3 cm³/mol. The van der Waals surface area contributed by atoms with E-state index in [0.717, 1.165) is 0 Å². The Bertz CT molecular complexity index is 397. The third-order valence-electron chi connectivity index (χ3n) is 2.79. The lowest BCUT2D eigenvalue weighted by molar-refractivity contribution is -0.163. The second-order valence-electron chi connectivity index (χ2n) is 4.74. The van der Waals surface area contributed by atoms with Crippen LogP contribution in [-0.2, 0) is 19.1 Å². The summed E-state index contributed by atoms with van der Waals surface area (Å²) in [6.45, 7) is 0. The molecule has 0 aliphatic carbocycles. The fourth-order valence-corrected chi connectivity index (χ4v) is 2.53. The highest BCUT2D eigenvalue weighted by atomic mass is 32.2. The molecule has 0 bridgehead atoms. The summed E-state index contributed by atoms with van der Waals surface area (Å²) in [4.78, 5) is 34.3. The van der Waals surface area contributed by atoms with Crippen molar-refractivity contribution in [3.05, 3.63) is 0 Å². The largest absolute Gasteiger partial charge is 0.481 e. The van der Waals surface area contributed by atoms with Gasteiger partial charge in [-0.15, -0.1) is 0 Å². The van der Waals surface area contributed by atoms with Gasteiger partial charge in [-0.3, -0.25) is 10.1 Å². The number of hydrogen-bond acceptors (Lipinski definition) is 9. The van der Waals surface area contributed by atoms with Crippen LogP contribution in [0.4, 0.5) is 0 Å². The Balaban J connectivity index is 4.60. The number of nitrogens with two attached hydrogens (primary N) is 1. The number of carbonyl (C=O) groups is 3. The van der Waals surface area contributed by atoms with Crippen molar-refractivity contribution in [2.45, 2.75) is 37.6 Å². The van der Waals surface area contributed by atoms with E-state index in [4.69, 9.17) is 15.6 Å². The zero-order valence-corrected chi connectivity index (χ0v) is 14.8. The van der Waals surface area contributed by atoms with E-state index < -0.39 is 42.6 Å². The van der Waals surface area contributed by atoms with Crippen LogP contribution in [-0.4, -0.2) is 70.4 Å². The van der Waals surface area contributed by atoms with Gasteiger partial charge in [-0.1, -0.05) is 0 Å². The number of esters is 2. The van der Waals surface area contributed by atoms with Crippen molar-refractivity contribution in [2.75, 3.05) is 24.0 Å². The summed E-state index contributed by atoms with van der Waals surface area (Å²) in [7, 11) is 0. The van der Waals surface area contributed by atoms with Crippen molar-refractivity contribution in [1.82, 2.24) is 5.32 Å². The summed E-state index contributed by atoms with van der Waals surface area (Å²) in [5, 5.41) is 20.7. The molecule has 0 aromatic heterocycles. The zero-order chi connectivity index (χ0) is 17.8. The van der Waals surface area contributed by atoms with Gasteiger partial charge < -0.3 is 20.7 Å². The number of aliphatic hydroxyl groups is 1. The van der Waals surface area contributed by atoms with Gasteiger partial charge in [0.05, 0.1) is 6.42 Å². The summed E-state index contributed by atoms with van der Waals surface area (Å²) >= 11 is 2.99. The first-order valence-electron chi connectivity index (χ1n) is 6.96. The fourth-order valence-electron chi connectivity index (χ4n) is 1.57. The van der Waals surface area contributed by atoms with Crippen LogP contribution in [0.3, 0.4) is 0 Å². The Morgan fingerprint density at radius 2 is 1.70 bits per heavy atom. The summed E-state index contributed by atoms with van der Waals surface area (Å²) in [6, 6.07) is -1.87. The van der Waals surface area contributed by atoms with E-state index in [2.05, 4.69) is 5.32 Å². The average molecular weight is 368 g/mol. The molecule has 0 saturated carbocycles. The molecule has 0 amide bonds. The molecule has 0 aromatic carbocycles. The molecule has 0 fully saturated rings. The first-order valence-corrected chi connectivity index (χ1v) is 9.75. The zero-order valence-electron chi connectivity index (χ0n) is 13.2. The van der Waals surface area contributed by atoms with E-state index in [1.54, 1.807) is 0 Å². The first-order chi connectivity index (χ1) is 10.8. The van der Waals surface area contributed by atoms with E-state index in [-0.39, 0.29) is 6.42 Å². The van der Waals surface area contributed by atoms with Gasteiger partial charge >= 0.3 is 17.9 Å². The highest BCUT2D eigenvalue weighted by Gasteiger charge is 2.27. The molecule has 5 N–H and O–H groups in total. The number of hydrogen-bond donors (Lipinski definition) is 4. The highest BCUT2D eigenvalue weighted by molar-refractivity contribution is 7.98. The minimum absolute atomic E-state index is 0.282. The standard InChI is InChI=1S/C13H24N2O6S2/c1-22-5-3-8(14)12(19)21-13(20)9(4-6-23-2)15-10(16)7-11(17)18/h8-10,15-16H,3-7,14H2,1-2H3,(H,17,18)/t8-,9-,10?/m0/s1. The van der Waals surface area contributed by atoms with Crippen LogP contribution >= 0.6 is 23.5 Å². The number of ether oxygens (including phenoxy) is 1. The van der Waals surface area contributed by atoms with E-state index in [1.807, 2.05) is 12.5 Å². The summed E-state index contributed by atoms with van der Waals surface area (Å²) in [6.07, 6.45) is 2.40. The van der Waals surface area contributed by atoms with Crippen molar-refractivity contribution < 1.29 is 29.3 Å². The maximum absolute atomic E-state index is 12.0. The quantitative estimate of drug-likeness (QED) is 0.205. The molecule has 0 aliphatic rings. The summed E-state index contributed by atoms with van der Waals surface area (Å²) in [5.74, 6) is -1.67. The summed E-state index contributed by atoms with van der Waals surface area (Å²) in [5.41, 5.74) is 5.63. The van der Waals surface area contributed by atoms with Crippen LogP contribution in [0.5, 0.6) is 0 Å². The topological polar surface area (TPSA) is 139 Å². The van der Waals surface area contributed by atoms with Crippen molar-refractivity contribution in [3.63, 3.8) is 0 Å². The average Bonchev–Trinajstić information content (AvgIpc) is 2.47. The molecule has 0 aromatic rings. The van der Waals surface area contributed by atoms with Gasteiger partial charge in [0.2, 0.25) is 0 Å². The Kier molecular flexibility index (Phi) is 12.1. The maximum atomic E-state index is 12.0. The first kappa shape index (κ1) is 22.2. The van der Waals surface area contributed by atoms with E-state index in [9.17, 15) is 19.5 Å². The summed E-state index contributed by atoms with van der Waals surface area (Å²) < 4.78 is 4.73. The van der Waals surface area contributed by atoms with E-state index >= 15 is 0 Å². The minimum atomic E-state index is -1.41. The maximum Gasteiger partial charge on any atom is 0.330 e. The van der Waals surface area contributed by atoms with Gasteiger partial charge in [-0.25, -0.2) is 9.59 Å². The van der Waals surface area contributed by atoms with Gasteiger partial charge in [0, 0.05) is 0 Å². The number of rotatable bonds is 12. The van der Waals surface area contributed by atoms with Gasteiger partial charge in [-0.2, -0.15) is 23.5 Å². The predicted octanol–water partition coefficient (Wildman–Crippen LogP) is -0.359. The molecule has 23 heavy (non-hydrogen) atoms. The van der Waals surface area contributed by atoms with Crippen molar-refractivity contribution in [2.24, 2.45) is 5.73 Å². The minimum Gasteiger partial charge on any atom is -0.481 e.